The summed E-state index contributed by atoms with van der Waals surface area (Å²) in [6.07, 6.45) is 3.61. The Morgan fingerprint density at radius 1 is 1.10 bits per heavy atom. The first-order chi connectivity index (χ1) is 15.1. The Morgan fingerprint density at radius 2 is 1.94 bits per heavy atom. The smallest absolute Gasteiger partial charge is 0.143 e. The first-order valence-electron chi connectivity index (χ1n) is 11.0. The molecule has 0 saturated carbocycles. The molecule has 4 nitrogen and oxygen atoms in total. The second-order valence-electron chi connectivity index (χ2n) is 8.43. The maximum Gasteiger partial charge on any atom is 0.143 e. The van der Waals surface area contributed by atoms with Crippen molar-refractivity contribution in [3.8, 4) is 22.5 Å². The molecule has 4 aromatic rings. The standard InChI is InChI=1S/C26H26ClN3O/c1-17-5-4-15-30(17)16-14-20-7-3-6-19-10-13-23(28-25(19)20)24-18(2)31-29-26(24)21-8-11-22(27)12-9-21/h3,6-13,17H,4-5,14-16H2,1-2H3/t17-/m1/s1. The Kier molecular flexibility index (Phi) is 5.51. The van der Waals surface area contributed by atoms with Gasteiger partial charge >= 0.3 is 0 Å². The topological polar surface area (TPSA) is 42.2 Å². The average molecular weight is 432 g/mol. The van der Waals surface area contributed by atoms with Gasteiger partial charge in [0.05, 0.1) is 16.8 Å². The summed E-state index contributed by atoms with van der Waals surface area (Å²) in [4.78, 5) is 7.69. The molecule has 5 heteroatoms. The van der Waals surface area contributed by atoms with Crippen LogP contribution in [0.1, 0.15) is 31.1 Å². The molecule has 1 fully saturated rings. The number of aryl methyl sites for hydroxylation is 1. The van der Waals surface area contributed by atoms with Crippen molar-refractivity contribution in [2.45, 2.75) is 39.2 Å². The molecule has 0 amide bonds. The van der Waals surface area contributed by atoms with Crippen molar-refractivity contribution >= 4 is 22.5 Å². The zero-order valence-electron chi connectivity index (χ0n) is 17.9. The summed E-state index contributed by atoms with van der Waals surface area (Å²) in [6, 6.07) is 19.0. The van der Waals surface area contributed by atoms with Crippen molar-refractivity contribution in [3.63, 3.8) is 0 Å². The van der Waals surface area contributed by atoms with Gasteiger partial charge in [0.25, 0.3) is 0 Å². The van der Waals surface area contributed by atoms with Gasteiger partial charge in [-0.3, -0.25) is 0 Å². The highest BCUT2D eigenvalue weighted by Gasteiger charge is 2.21. The minimum atomic E-state index is 0.681. The SMILES string of the molecule is Cc1onc(-c2ccc(Cl)cc2)c1-c1ccc2cccc(CCN3CCC[C@H]3C)c2n1. The van der Waals surface area contributed by atoms with E-state index in [4.69, 9.17) is 21.1 Å². The van der Waals surface area contributed by atoms with Crippen molar-refractivity contribution in [2.24, 2.45) is 0 Å². The highest BCUT2D eigenvalue weighted by Crippen LogP contribution is 2.35. The molecule has 0 bridgehead atoms. The van der Waals surface area contributed by atoms with Crippen LogP contribution in [-0.4, -0.2) is 34.2 Å². The van der Waals surface area contributed by atoms with Gasteiger partial charge in [-0.25, -0.2) is 4.98 Å². The number of benzene rings is 2. The van der Waals surface area contributed by atoms with Crippen LogP contribution in [0.4, 0.5) is 0 Å². The van der Waals surface area contributed by atoms with E-state index < -0.39 is 0 Å². The minimum absolute atomic E-state index is 0.681. The van der Waals surface area contributed by atoms with Crippen molar-refractivity contribution in [1.29, 1.82) is 0 Å². The summed E-state index contributed by atoms with van der Waals surface area (Å²) in [5, 5.41) is 6.19. The van der Waals surface area contributed by atoms with Crippen molar-refractivity contribution in [2.75, 3.05) is 13.1 Å². The largest absolute Gasteiger partial charge is 0.360 e. The third kappa shape index (κ3) is 3.98. The first kappa shape index (κ1) is 20.2. The Hall–Kier alpha value is -2.69. The first-order valence-corrected chi connectivity index (χ1v) is 11.3. The van der Waals surface area contributed by atoms with Gasteiger partial charge in [-0.05, 0) is 63.4 Å². The van der Waals surface area contributed by atoms with Crippen LogP contribution in [0.25, 0.3) is 33.4 Å². The number of rotatable bonds is 5. The van der Waals surface area contributed by atoms with E-state index in [0.29, 0.717) is 11.1 Å². The molecule has 1 aliphatic heterocycles. The number of fused-ring (bicyclic) bond motifs is 1. The number of nitrogens with zero attached hydrogens (tertiary/aromatic N) is 3. The predicted molar refractivity (Wildman–Crippen MR) is 126 cm³/mol. The fraction of sp³-hybridized carbons (Fsp3) is 0.308. The third-order valence-electron chi connectivity index (χ3n) is 6.40. The lowest BCUT2D eigenvalue weighted by atomic mass is 10.0. The maximum atomic E-state index is 6.07. The van der Waals surface area contributed by atoms with E-state index in [-0.39, 0.29) is 0 Å². The van der Waals surface area contributed by atoms with Crippen LogP contribution >= 0.6 is 11.6 Å². The molecular formula is C26H26ClN3O. The molecule has 0 spiro atoms. The second-order valence-corrected chi connectivity index (χ2v) is 8.87. The number of pyridine rings is 1. The molecule has 1 saturated heterocycles. The molecule has 1 aliphatic rings. The fourth-order valence-electron chi connectivity index (χ4n) is 4.62. The third-order valence-corrected chi connectivity index (χ3v) is 6.65. The number of hydrogen-bond donors (Lipinski definition) is 0. The van der Waals surface area contributed by atoms with E-state index >= 15 is 0 Å². The number of aromatic nitrogens is 2. The van der Waals surface area contributed by atoms with Gasteiger partial charge in [0.2, 0.25) is 0 Å². The molecule has 0 N–H and O–H groups in total. The highest BCUT2D eigenvalue weighted by molar-refractivity contribution is 6.30. The van der Waals surface area contributed by atoms with Gasteiger partial charge in [-0.15, -0.1) is 0 Å². The van der Waals surface area contributed by atoms with Gasteiger partial charge in [0, 0.05) is 28.6 Å². The van der Waals surface area contributed by atoms with Crippen LogP contribution < -0.4 is 0 Å². The minimum Gasteiger partial charge on any atom is -0.360 e. The molecule has 0 unspecified atom stereocenters. The number of hydrogen-bond acceptors (Lipinski definition) is 4. The number of halogens is 1. The molecule has 2 aromatic carbocycles. The quantitative estimate of drug-likeness (QED) is 0.359. The van der Waals surface area contributed by atoms with Crippen LogP contribution in [0.15, 0.2) is 59.1 Å². The maximum absolute atomic E-state index is 6.07. The molecule has 2 aromatic heterocycles. The summed E-state index contributed by atoms with van der Waals surface area (Å²) in [5.74, 6) is 0.764. The summed E-state index contributed by atoms with van der Waals surface area (Å²) in [7, 11) is 0. The Labute approximate surface area is 187 Å². The van der Waals surface area contributed by atoms with Gasteiger partial charge < -0.3 is 9.42 Å². The normalized spacial score (nSPS) is 16.9. The average Bonchev–Trinajstić information content (AvgIpc) is 3.37. The van der Waals surface area contributed by atoms with E-state index in [9.17, 15) is 0 Å². The van der Waals surface area contributed by atoms with Crippen LogP contribution in [-0.2, 0) is 6.42 Å². The molecule has 3 heterocycles. The monoisotopic (exact) mass is 431 g/mol. The molecule has 5 rings (SSSR count). The highest BCUT2D eigenvalue weighted by atomic mass is 35.5. The van der Waals surface area contributed by atoms with Crippen LogP contribution in [0.3, 0.4) is 0 Å². The second kappa shape index (κ2) is 8.45. The van der Waals surface area contributed by atoms with E-state index in [1.54, 1.807) is 0 Å². The van der Waals surface area contributed by atoms with Crippen molar-refractivity contribution in [1.82, 2.24) is 15.0 Å². The van der Waals surface area contributed by atoms with Crippen LogP contribution in [0.5, 0.6) is 0 Å². The molecule has 0 aliphatic carbocycles. The van der Waals surface area contributed by atoms with Gasteiger partial charge in [0.1, 0.15) is 11.5 Å². The van der Waals surface area contributed by atoms with Gasteiger partial charge in [0.15, 0.2) is 0 Å². The molecule has 31 heavy (non-hydrogen) atoms. The van der Waals surface area contributed by atoms with E-state index in [2.05, 4.69) is 47.3 Å². The molecule has 1 atom stereocenters. The fourth-order valence-corrected chi connectivity index (χ4v) is 4.74. The summed E-state index contributed by atoms with van der Waals surface area (Å²) < 4.78 is 5.57. The summed E-state index contributed by atoms with van der Waals surface area (Å²) >= 11 is 6.07. The lowest BCUT2D eigenvalue weighted by Gasteiger charge is -2.21. The van der Waals surface area contributed by atoms with E-state index in [1.807, 2.05) is 31.2 Å². The Bertz CT molecular complexity index is 1220. The summed E-state index contributed by atoms with van der Waals surface area (Å²) in [5.41, 5.74) is 5.94. The Balaban J connectivity index is 1.53. The Morgan fingerprint density at radius 3 is 2.71 bits per heavy atom. The zero-order valence-corrected chi connectivity index (χ0v) is 18.7. The van der Waals surface area contributed by atoms with Crippen molar-refractivity contribution in [3.05, 3.63) is 70.9 Å². The predicted octanol–water partition coefficient (Wildman–Crippen LogP) is 6.55. The molecule has 158 valence electrons. The van der Waals surface area contributed by atoms with Crippen LogP contribution in [0, 0.1) is 6.92 Å². The van der Waals surface area contributed by atoms with E-state index in [1.165, 1.54) is 24.9 Å². The number of likely N-dealkylation sites (tertiary alicyclic amines) is 1. The lowest BCUT2D eigenvalue weighted by molar-refractivity contribution is 0.272. The van der Waals surface area contributed by atoms with Crippen LogP contribution in [0.2, 0.25) is 5.02 Å². The van der Waals surface area contributed by atoms with Gasteiger partial charge in [-0.1, -0.05) is 53.2 Å². The zero-order chi connectivity index (χ0) is 21.4. The van der Waals surface area contributed by atoms with Crippen molar-refractivity contribution < 1.29 is 4.52 Å². The van der Waals surface area contributed by atoms with E-state index in [0.717, 1.165) is 52.1 Å². The molecule has 0 radical (unpaired) electrons. The summed E-state index contributed by atoms with van der Waals surface area (Å²) in [6.45, 7) is 6.55. The number of para-hydroxylation sites is 1. The molecular weight excluding hydrogens is 406 g/mol. The lowest BCUT2D eigenvalue weighted by Crippen LogP contribution is -2.29. The van der Waals surface area contributed by atoms with Gasteiger partial charge in [-0.2, -0.15) is 0 Å².